The zero-order valence-electron chi connectivity index (χ0n) is 10.4. The first kappa shape index (κ1) is 12.0. The molecule has 2 aromatic heterocycles. The van der Waals surface area contributed by atoms with Gasteiger partial charge in [0.25, 0.3) is 0 Å². The smallest absolute Gasteiger partial charge is 0.326 e. The molecule has 20 heavy (non-hydrogen) atoms. The Balaban J connectivity index is 1.97. The molecule has 0 fully saturated rings. The van der Waals surface area contributed by atoms with Gasteiger partial charge in [-0.15, -0.1) is 0 Å². The van der Waals surface area contributed by atoms with Crippen LogP contribution in [0.25, 0.3) is 11.4 Å². The Hall–Kier alpha value is -3.02. The third-order valence-electron chi connectivity index (χ3n) is 2.63. The Morgan fingerprint density at radius 2 is 1.70 bits per heavy atom. The van der Waals surface area contributed by atoms with Gasteiger partial charge in [-0.1, -0.05) is 18.2 Å². The summed E-state index contributed by atoms with van der Waals surface area (Å²) in [5.41, 5.74) is 1.12. The number of anilines is 2. The maximum absolute atomic E-state index is 11.6. The van der Waals surface area contributed by atoms with Crippen molar-refractivity contribution in [3.63, 3.8) is 0 Å². The molecule has 1 aromatic carbocycles. The highest BCUT2D eigenvalue weighted by atomic mass is 16.1. The van der Waals surface area contributed by atoms with E-state index >= 15 is 0 Å². The van der Waals surface area contributed by atoms with Gasteiger partial charge in [-0.25, -0.2) is 4.79 Å². The quantitative estimate of drug-likeness (QED) is 0.756. The van der Waals surface area contributed by atoms with Crippen molar-refractivity contribution in [2.45, 2.75) is 0 Å². The molecule has 2 N–H and O–H groups in total. The SMILES string of the molecule is O=c1nc(-c2ccncc2)nc(Nc2ccccc2)[nH]1. The summed E-state index contributed by atoms with van der Waals surface area (Å²) in [6, 6.07) is 13.0. The number of pyridine rings is 1. The Kier molecular flexibility index (Phi) is 3.20. The summed E-state index contributed by atoms with van der Waals surface area (Å²) < 4.78 is 0. The Bertz CT molecular complexity index is 755. The van der Waals surface area contributed by atoms with Crippen LogP contribution in [0, 0.1) is 0 Å². The van der Waals surface area contributed by atoms with E-state index in [0.29, 0.717) is 11.8 Å². The second-order valence-electron chi connectivity index (χ2n) is 4.05. The van der Waals surface area contributed by atoms with Crippen LogP contribution in [0.15, 0.2) is 59.7 Å². The van der Waals surface area contributed by atoms with Gasteiger partial charge in [-0.3, -0.25) is 9.97 Å². The summed E-state index contributed by atoms with van der Waals surface area (Å²) in [6.07, 6.45) is 3.26. The predicted octanol–water partition coefficient (Wildman–Crippen LogP) is 1.97. The average molecular weight is 265 g/mol. The second-order valence-corrected chi connectivity index (χ2v) is 4.05. The summed E-state index contributed by atoms with van der Waals surface area (Å²) in [5, 5.41) is 3.03. The topological polar surface area (TPSA) is 83.6 Å². The number of para-hydroxylation sites is 1. The lowest BCUT2D eigenvalue weighted by Crippen LogP contribution is -2.15. The van der Waals surface area contributed by atoms with Gasteiger partial charge >= 0.3 is 5.69 Å². The van der Waals surface area contributed by atoms with Crippen molar-refractivity contribution in [1.29, 1.82) is 0 Å². The van der Waals surface area contributed by atoms with E-state index in [1.165, 1.54) is 0 Å². The van der Waals surface area contributed by atoms with Gasteiger partial charge in [-0.2, -0.15) is 9.97 Å². The zero-order valence-corrected chi connectivity index (χ0v) is 10.4. The van der Waals surface area contributed by atoms with Crippen molar-refractivity contribution >= 4 is 11.6 Å². The third-order valence-corrected chi connectivity index (χ3v) is 2.63. The van der Waals surface area contributed by atoms with E-state index in [2.05, 4.69) is 25.3 Å². The van der Waals surface area contributed by atoms with Gasteiger partial charge in [0.2, 0.25) is 5.95 Å². The van der Waals surface area contributed by atoms with Crippen LogP contribution >= 0.6 is 0 Å². The summed E-state index contributed by atoms with van der Waals surface area (Å²) >= 11 is 0. The van der Waals surface area contributed by atoms with Gasteiger partial charge < -0.3 is 5.32 Å². The van der Waals surface area contributed by atoms with Crippen LogP contribution in [-0.4, -0.2) is 19.9 Å². The van der Waals surface area contributed by atoms with Crippen molar-refractivity contribution in [3.8, 4) is 11.4 Å². The molecule has 6 nitrogen and oxygen atoms in total. The number of aromatic amines is 1. The highest BCUT2D eigenvalue weighted by Crippen LogP contribution is 2.15. The first-order valence-electron chi connectivity index (χ1n) is 6.02. The average Bonchev–Trinajstić information content (AvgIpc) is 2.49. The lowest BCUT2D eigenvalue weighted by Gasteiger charge is -2.06. The molecule has 0 saturated heterocycles. The number of nitrogens with zero attached hydrogens (tertiary/aromatic N) is 3. The van der Waals surface area contributed by atoms with Gasteiger partial charge in [0.05, 0.1) is 0 Å². The van der Waals surface area contributed by atoms with Crippen LogP contribution in [-0.2, 0) is 0 Å². The molecule has 0 radical (unpaired) electrons. The van der Waals surface area contributed by atoms with Gasteiger partial charge in [0, 0.05) is 23.6 Å². The largest absolute Gasteiger partial charge is 0.349 e. The van der Waals surface area contributed by atoms with Crippen LogP contribution in [0.2, 0.25) is 0 Å². The van der Waals surface area contributed by atoms with Gasteiger partial charge in [0.15, 0.2) is 5.82 Å². The van der Waals surface area contributed by atoms with E-state index in [0.717, 1.165) is 11.3 Å². The molecular formula is C14H11N5O. The van der Waals surface area contributed by atoms with Crippen molar-refractivity contribution in [1.82, 2.24) is 19.9 Å². The molecule has 98 valence electrons. The van der Waals surface area contributed by atoms with Gasteiger partial charge in [0.1, 0.15) is 0 Å². The minimum atomic E-state index is -0.453. The molecule has 0 saturated carbocycles. The van der Waals surface area contributed by atoms with Crippen LogP contribution in [0.5, 0.6) is 0 Å². The molecule has 0 aliphatic carbocycles. The van der Waals surface area contributed by atoms with E-state index in [-0.39, 0.29) is 0 Å². The zero-order chi connectivity index (χ0) is 13.8. The number of hydrogen-bond donors (Lipinski definition) is 2. The number of benzene rings is 1. The van der Waals surface area contributed by atoms with E-state index in [9.17, 15) is 4.79 Å². The number of hydrogen-bond acceptors (Lipinski definition) is 5. The first-order valence-corrected chi connectivity index (χ1v) is 6.02. The van der Waals surface area contributed by atoms with Crippen molar-refractivity contribution in [3.05, 3.63) is 65.3 Å². The lowest BCUT2D eigenvalue weighted by molar-refractivity contribution is 1.00. The van der Waals surface area contributed by atoms with Crippen molar-refractivity contribution < 1.29 is 0 Å². The highest BCUT2D eigenvalue weighted by Gasteiger charge is 2.05. The Morgan fingerprint density at radius 1 is 0.950 bits per heavy atom. The fraction of sp³-hybridized carbons (Fsp3) is 0. The fourth-order valence-electron chi connectivity index (χ4n) is 1.73. The van der Waals surface area contributed by atoms with E-state index in [1.807, 2.05) is 30.3 Å². The normalized spacial score (nSPS) is 10.2. The van der Waals surface area contributed by atoms with Crippen molar-refractivity contribution in [2.75, 3.05) is 5.32 Å². The van der Waals surface area contributed by atoms with E-state index in [1.54, 1.807) is 24.5 Å². The summed E-state index contributed by atoms with van der Waals surface area (Å²) in [7, 11) is 0. The van der Waals surface area contributed by atoms with Crippen LogP contribution in [0.4, 0.5) is 11.6 Å². The summed E-state index contributed by atoms with van der Waals surface area (Å²) in [4.78, 5) is 26.2. The molecule has 0 atom stereocenters. The molecule has 0 unspecified atom stereocenters. The molecule has 0 spiro atoms. The van der Waals surface area contributed by atoms with Crippen LogP contribution in [0.3, 0.4) is 0 Å². The monoisotopic (exact) mass is 265 g/mol. The molecule has 2 heterocycles. The standard InChI is InChI=1S/C14H11N5O/c20-14-18-12(10-6-8-15-9-7-10)17-13(19-14)16-11-4-2-1-3-5-11/h1-9H,(H2,16,17,18,19,20). The third kappa shape index (κ3) is 2.69. The number of H-pyrrole nitrogens is 1. The fourth-order valence-corrected chi connectivity index (χ4v) is 1.73. The maximum Gasteiger partial charge on any atom is 0.349 e. The summed E-state index contributed by atoms with van der Waals surface area (Å²) in [5.74, 6) is 0.706. The van der Waals surface area contributed by atoms with E-state index in [4.69, 9.17) is 0 Å². The highest BCUT2D eigenvalue weighted by molar-refractivity contribution is 5.57. The van der Waals surface area contributed by atoms with Crippen LogP contribution < -0.4 is 11.0 Å². The minimum Gasteiger partial charge on any atom is -0.326 e. The number of aromatic nitrogens is 4. The lowest BCUT2D eigenvalue weighted by atomic mass is 10.2. The van der Waals surface area contributed by atoms with E-state index < -0.39 is 5.69 Å². The summed E-state index contributed by atoms with van der Waals surface area (Å²) in [6.45, 7) is 0. The Morgan fingerprint density at radius 3 is 2.45 bits per heavy atom. The molecule has 0 aliphatic heterocycles. The second kappa shape index (κ2) is 5.31. The van der Waals surface area contributed by atoms with Gasteiger partial charge in [-0.05, 0) is 24.3 Å². The molecule has 6 heteroatoms. The molecule has 0 aliphatic rings. The number of nitrogens with one attached hydrogen (secondary N) is 2. The molecule has 0 amide bonds. The maximum atomic E-state index is 11.6. The molecule has 3 rings (SSSR count). The molecule has 0 bridgehead atoms. The molecule has 3 aromatic rings. The Labute approximate surface area is 114 Å². The van der Waals surface area contributed by atoms with Crippen molar-refractivity contribution in [2.24, 2.45) is 0 Å². The first-order chi connectivity index (χ1) is 9.81. The number of rotatable bonds is 3. The predicted molar refractivity (Wildman–Crippen MR) is 75.6 cm³/mol. The van der Waals surface area contributed by atoms with Crippen LogP contribution in [0.1, 0.15) is 0 Å². The minimum absolute atomic E-state index is 0.350. The molecular weight excluding hydrogens is 254 g/mol.